The lowest BCUT2D eigenvalue weighted by Crippen LogP contribution is -2.37. The van der Waals surface area contributed by atoms with Gasteiger partial charge in [-0.05, 0) is 12.8 Å². The monoisotopic (exact) mass is 356 g/mol. The number of aliphatic hydroxyl groups is 2. The Morgan fingerprint density at radius 3 is 1.59 bits per heavy atom. The average molecular weight is 357 g/mol. The van der Waals surface area contributed by atoms with Crippen LogP contribution in [0.1, 0.15) is 25.7 Å². The van der Waals surface area contributed by atoms with Crippen molar-refractivity contribution in [2.24, 2.45) is 11.8 Å². The van der Waals surface area contributed by atoms with Crippen molar-refractivity contribution < 1.29 is 29.3 Å². The third-order valence-electron chi connectivity index (χ3n) is 3.56. The Kier molecular flexibility index (Phi) is 9.09. The number of esters is 2. The van der Waals surface area contributed by atoms with Gasteiger partial charge in [-0.2, -0.15) is 0 Å². The maximum Gasteiger partial charge on any atom is 0.309 e. The molecule has 1 saturated carbocycles. The molecular formula is C14H22Cl2O6. The molecule has 2 N–H and O–H groups in total. The van der Waals surface area contributed by atoms with Crippen molar-refractivity contribution in [2.45, 2.75) is 37.9 Å². The summed E-state index contributed by atoms with van der Waals surface area (Å²) in [4.78, 5) is 24.1. The highest BCUT2D eigenvalue weighted by Crippen LogP contribution is 2.32. The van der Waals surface area contributed by atoms with E-state index in [1.54, 1.807) is 0 Å². The van der Waals surface area contributed by atoms with Gasteiger partial charge in [0.05, 0.1) is 23.6 Å². The topological polar surface area (TPSA) is 93.1 Å². The standard InChI is InChI=1S/C14H22Cl2O6/c15-5-9(17)7-21-13(19)11-3-1-2-4-12(11)14(20)22-8-10(18)6-16/h9-12,17-18H,1-8H2. The normalized spacial score (nSPS) is 24.4. The van der Waals surface area contributed by atoms with E-state index in [-0.39, 0.29) is 25.0 Å². The van der Waals surface area contributed by atoms with Crippen molar-refractivity contribution in [2.75, 3.05) is 25.0 Å². The number of aliphatic hydroxyl groups excluding tert-OH is 2. The molecule has 128 valence electrons. The Morgan fingerprint density at radius 1 is 0.909 bits per heavy atom. The summed E-state index contributed by atoms with van der Waals surface area (Å²) < 4.78 is 10.0. The Balaban J connectivity index is 2.54. The Labute approximate surface area is 139 Å². The zero-order valence-corrected chi connectivity index (χ0v) is 13.8. The number of carbonyl (C=O) groups excluding carboxylic acids is 2. The predicted octanol–water partition coefficient (Wildman–Crippen LogP) is 1.08. The van der Waals surface area contributed by atoms with Gasteiger partial charge in [-0.15, -0.1) is 23.2 Å². The fourth-order valence-electron chi connectivity index (χ4n) is 2.35. The van der Waals surface area contributed by atoms with E-state index in [1.807, 2.05) is 0 Å². The molecule has 4 unspecified atom stereocenters. The summed E-state index contributed by atoms with van der Waals surface area (Å²) in [5, 5.41) is 18.6. The largest absolute Gasteiger partial charge is 0.463 e. The lowest BCUT2D eigenvalue weighted by Gasteiger charge is -2.28. The van der Waals surface area contributed by atoms with Crippen LogP contribution in [0.5, 0.6) is 0 Å². The molecule has 8 heteroatoms. The summed E-state index contributed by atoms with van der Waals surface area (Å²) in [5.74, 6) is -2.28. The molecule has 1 fully saturated rings. The molecule has 0 aliphatic heterocycles. The van der Waals surface area contributed by atoms with Gasteiger partial charge in [-0.3, -0.25) is 9.59 Å². The van der Waals surface area contributed by atoms with Crippen LogP contribution in [0.2, 0.25) is 0 Å². The first kappa shape index (κ1) is 19.5. The molecular weight excluding hydrogens is 335 g/mol. The number of halogens is 2. The van der Waals surface area contributed by atoms with Gasteiger partial charge in [0.2, 0.25) is 0 Å². The molecule has 0 aromatic heterocycles. The number of hydrogen-bond donors (Lipinski definition) is 2. The van der Waals surface area contributed by atoms with Gasteiger partial charge in [-0.25, -0.2) is 0 Å². The molecule has 1 aliphatic carbocycles. The minimum absolute atomic E-state index is 0.0280. The van der Waals surface area contributed by atoms with Crippen LogP contribution in [0.3, 0.4) is 0 Å². The van der Waals surface area contributed by atoms with E-state index in [0.29, 0.717) is 12.8 Å². The Hall–Kier alpha value is -0.560. The number of ether oxygens (including phenoxy) is 2. The van der Waals surface area contributed by atoms with E-state index in [0.717, 1.165) is 12.8 Å². The van der Waals surface area contributed by atoms with E-state index in [4.69, 9.17) is 32.7 Å². The van der Waals surface area contributed by atoms with Gasteiger partial charge in [0.1, 0.15) is 25.4 Å². The summed E-state index contributed by atoms with van der Waals surface area (Å²) in [6.07, 6.45) is 0.885. The first-order chi connectivity index (χ1) is 10.5. The Morgan fingerprint density at radius 2 is 1.27 bits per heavy atom. The summed E-state index contributed by atoms with van der Waals surface area (Å²) in [5.41, 5.74) is 0. The smallest absolute Gasteiger partial charge is 0.309 e. The van der Waals surface area contributed by atoms with E-state index >= 15 is 0 Å². The van der Waals surface area contributed by atoms with Crippen LogP contribution < -0.4 is 0 Å². The second-order valence-corrected chi connectivity index (χ2v) is 5.99. The molecule has 4 atom stereocenters. The summed E-state index contributed by atoms with van der Waals surface area (Å²) >= 11 is 10.9. The van der Waals surface area contributed by atoms with Crippen LogP contribution >= 0.6 is 23.2 Å². The summed E-state index contributed by atoms with van der Waals surface area (Å²) in [7, 11) is 0. The number of carbonyl (C=O) groups is 2. The molecule has 0 bridgehead atoms. The van der Waals surface area contributed by atoms with Crippen molar-refractivity contribution in [3.63, 3.8) is 0 Å². The third kappa shape index (κ3) is 6.28. The molecule has 0 radical (unpaired) electrons. The second-order valence-electron chi connectivity index (χ2n) is 5.37. The number of rotatable bonds is 8. The molecule has 0 heterocycles. The second kappa shape index (κ2) is 10.3. The molecule has 0 amide bonds. The van der Waals surface area contributed by atoms with E-state index in [1.165, 1.54) is 0 Å². The van der Waals surface area contributed by atoms with E-state index < -0.39 is 36.0 Å². The van der Waals surface area contributed by atoms with Crippen molar-refractivity contribution in [3.05, 3.63) is 0 Å². The minimum Gasteiger partial charge on any atom is -0.463 e. The van der Waals surface area contributed by atoms with Crippen LogP contribution in [-0.4, -0.2) is 59.3 Å². The van der Waals surface area contributed by atoms with Gasteiger partial charge in [0.25, 0.3) is 0 Å². The van der Waals surface area contributed by atoms with Crippen LogP contribution in [0.25, 0.3) is 0 Å². The molecule has 1 aliphatic rings. The van der Waals surface area contributed by atoms with Crippen molar-refractivity contribution in [1.82, 2.24) is 0 Å². The zero-order chi connectivity index (χ0) is 16.5. The van der Waals surface area contributed by atoms with Crippen molar-refractivity contribution in [3.8, 4) is 0 Å². The third-order valence-corrected chi connectivity index (χ3v) is 4.28. The minimum atomic E-state index is -0.918. The van der Waals surface area contributed by atoms with Gasteiger partial charge < -0.3 is 19.7 Å². The molecule has 22 heavy (non-hydrogen) atoms. The fraction of sp³-hybridized carbons (Fsp3) is 0.857. The molecule has 0 aromatic carbocycles. The fourth-order valence-corrected chi connectivity index (χ4v) is 2.53. The number of hydrogen-bond acceptors (Lipinski definition) is 6. The molecule has 0 saturated heterocycles. The van der Waals surface area contributed by atoms with Crippen LogP contribution in [0, 0.1) is 11.8 Å². The average Bonchev–Trinajstić information content (AvgIpc) is 2.56. The summed E-state index contributed by atoms with van der Waals surface area (Å²) in [6, 6.07) is 0. The van der Waals surface area contributed by atoms with E-state index in [9.17, 15) is 19.8 Å². The van der Waals surface area contributed by atoms with Gasteiger partial charge in [-0.1, -0.05) is 12.8 Å². The summed E-state index contributed by atoms with van der Waals surface area (Å²) in [6.45, 7) is -0.378. The molecule has 6 nitrogen and oxygen atoms in total. The van der Waals surface area contributed by atoms with Gasteiger partial charge in [0.15, 0.2) is 0 Å². The quantitative estimate of drug-likeness (QED) is 0.499. The van der Waals surface area contributed by atoms with Crippen molar-refractivity contribution in [1.29, 1.82) is 0 Å². The molecule has 0 aromatic rings. The van der Waals surface area contributed by atoms with Crippen LogP contribution in [0.15, 0.2) is 0 Å². The van der Waals surface area contributed by atoms with Gasteiger partial charge >= 0.3 is 11.9 Å². The zero-order valence-electron chi connectivity index (χ0n) is 12.2. The number of alkyl halides is 2. The highest BCUT2D eigenvalue weighted by molar-refractivity contribution is 6.18. The molecule has 1 rings (SSSR count). The van der Waals surface area contributed by atoms with E-state index in [2.05, 4.69) is 0 Å². The first-order valence-corrected chi connectivity index (χ1v) is 8.37. The molecule has 0 spiro atoms. The highest BCUT2D eigenvalue weighted by Gasteiger charge is 2.38. The lowest BCUT2D eigenvalue weighted by molar-refractivity contribution is -0.165. The predicted molar refractivity (Wildman–Crippen MR) is 80.8 cm³/mol. The first-order valence-electron chi connectivity index (χ1n) is 7.30. The Bertz CT molecular complexity index is 331. The van der Waals surface area contributed by atoms with Crippen LogP contribution in [0.4, 0.5) is 0 Å². The van der Waals surface area contributed by atoms with Gasteiger partial charge in [0, 0.05) is 0 Å². The SMILES string of the molecule is O=C(OCC(O)CCl)C1CCCCC1C(=O)OCC(O)CCl. The van der Waals surface area contributed by atoms with Crippen LogP contribution in [-0.2, 0) is 19.1 Å². The lowest BCUT2D eigenvalue weighted by atomic mass is 9.79. The maximum absolute atomic E-state index is 12.1. The maximum atomic E-state index is 12.1. The van der Waals surface area contributed by atoms with Crippen molar-refractivity contribution >= 4 is 35.1 Å². The highest BCUT2D eigenvalue weighted by atomic mass is 35.5.